The third-order valence-corrected chi connectivity index (χ3v) is 3.73. The fourth-order valence-corrected chi connectivity index (χ4v) is 2.76. The summed E-state index contributed by atoms with van der Waals surface area (Å²) in [5.41, 5.74) is 2.55. The molecule has 0 saturated heterocycles. The molecule has 1 aliphatic rings. The third kappa shape index (κ3) is 2.14. The molecule has 0 radical (unpaired) electrons. The first-order valence-electron chi connectivity index (χ1n) is 6.52. The first-order valence-corrected chi connectivity index (χ1v) is 6.90. The summed E-state index contributed by atoms with van der Waals surface area (Å²) in [6.45, 7) is 2.53. The van der Waals surface area contributed by atoms with Crippen LogP contribution in [0.2, 0.25) is 5.02 Å². The van der Waals surface area contributed by atoms with Gasteiger partial charge in [0.05, 0.1) is 12.5 Å². The Labute approximate surface area is 122 Å². The smallest absolute Gasteiger partial charge is 0.236 e. The van der Waals surface area contributed by atoms with Gasteiger partial charge in [-0.1, -0.05) is 29.8 Å². The molecule has 1 N–H and O–H groups in total. The normalized spacial score (nSPS) is 16.7. The van der Waals surface area contributed by atoms with Crippen molar-refractivity contribution in [1.29, 1.82) is 0 Å². The number of hydrogen-bond acceptors (Lipinski definition) is 2. The maximum Gasteiger partial charge on any atom is 0.236 e. The molecule has 1 heterocycles. The van der Waals surface area contributed by atoms with E-state index >= 15 is 0 Å². The Bertz CT molecular complexity index is 669. The Kier molecular flexibility index (Phi) is 3.36. The summed E-state index contributed by atoms with van der Waals surface area (Å²) in [5.74, 6) is 0.334. The molecule has 0 aromatic heterocycles. The minimum Gasteiger partial charge on any atom is -0.494 e. The second-order valence-corrected chi connectivity index (χ2v) is 5.03. The monoisotopic (exact) mass is 287 g/mol. The summed E-state index contributed by atoms with van der Waals surface area (Å²) < 4.78 is 5.51. The average Bonchev–Trinajstić information content (AvgIpc) is 2.75. The summed E-state index contributed by atoms with van der Waals surface area (Å²) in [6, 6.07) is 13.1. The van der Waals surface area contributed by atoms with E-state index < -0.39 is 0 Å². The zero-order chi connectivity index (χ0) is 14.1. The van der Waals surface area contributed by atoms with Crippen LogP contribution in [0.1, 0.15) is 24.0 Å². The van der Waals surface area contributed by atoms with Crippen molar-refractivity contribution in [2.45, 2.75) is 12.8 Å². The van der Waals surface area contributed by atoms with Crippen LogP contribution in [0.3, 0.4) is 0 Å². The Hall–Kier alpha value is -2.00. The van der Waals surface area contributed by atoms with E-state index in [1.54, 1.807) is 6.07 Å². The molecule has 20 heavy (non-hydrogen) atoms. The van der Waals surface area contributed by atoms with E-state index in [9.17, 15) is 4.79 Å². The van der Waals surface area contributed by atoms with E-state index in [-0.39, 0.29) is 11.8 Å². The molecule has 4 heteroatoms. The van der Waals surface area contributed by atoms with Crippen LogP contribution in [-0.2, 0) is 4.79 Å². The molecule has 0 bridgehead atoms. The Morgan fingerprint density at radius 2 is 2.00 bits per heavy atom. The van der Waals surface area contributed by atoms with Crippen LogP contribution in [-0.4, -0.2) is 12.5 Å². The SMILES string of the molecule is CCOc1ccc2c(c1)C(c1ccccc1Cl)C(=O)N2. The van der Waals surface area contributed by atoms with Gasteiger partial charge in [-0.25, -0.2) is 0 Å². The van der Waals surface area contributed by atoms with E-state index in [1.165, 1.54) is 0 Å². The van der Waals surface area contributed by atoms with Crippen LogP contribution in [0, 0.1) is 0 Å². The van der Waals surface area contributed by atoms with Gasteiger partial charge in [-0.3, -0.25) is 4.79 Å². The number of carbonyl (C=O) groups excluding carboxylic acids is 1. The van der Waals surface area contributed by atoms with Crippen molar-refractivity contribution >= 4 is 23.2 Å². The number of amides is 1. The number of fused-ring (bicyclic) bond motifs is 1. The molecule has 1 atom stereocenters. The van der Waals surface area contributed by atoms with Crippen LogP contribution in [0.25, 0.3) is 0 Å². The number of benzene rings is 2. The van der Waals surface area contributed by atoms with Crippen molar-refractivity contribution < 1.29 is 9.53 Å². The van der Waals surface area contributed by atoms with Crippen molar-refractivity contribution in [2.24, 2.45) is 0 Å². The number of carbonyl (C=O) groups is 1. The van der Waals surface area contributed by atoms with Crippen LogP contribution in [0.15, 0.2) is 42.5 Å². The molecule has 2 aromatic rings. The molecular weight excluding hydrogens is 274 g/mol. The van der Waals surface area contributed by atoms with Crippen molar-refractivity contribution in [3.05, 3.63) is 58.6 Å². The Morgan fingerprint density at radius 1 is 1.20 bits per heavy atom. The van der Waals surface area contributed by atoms with Gasteiger partial charge in [-0.2, -0.15) is 0 Å². The first kappa shape index (κ1) is 13.0. The van der Waals surface area contributed by atoms with Gasteiger partial charge < -0.3 is 10.1 Å². The van der Waals surface area contributed by atoms with Gasteiger partial charge in [-0.15, -0.1) is 0 Å². The number of anilines is 1. The second-order valence-electron chi connectivity index (χ2n) is 4.63. The summed E-state index contributed by atoms with van der Waals surface area (Å²) in [7, 11) is 0. The van der Waals surface area contributed by atoms with E-state index in [1.807, 2.05) is 43.3 Å². The third-order valence-electron chi connectivity index (χ3n) is 3.38. The maximum atomic E-state index is 12.2. The van der Waals surface area contributed by atoms with E-state index in [0.717, 1.165) is 22.6 Å². The fourth-order valence-electron chi connectivity index (χ4n) is 2.51. The number of rotatable bonds is 3. The second kappa shape index (κ2) is 5.17. The fraction of sp³-hybridized carbons (Fsp3) is 0.188. The Morgan fingerprint density at radius 3 is 2.75 bits per heavy atom. The summed E-state index contributed by atoms with van der Waals surface area (Å²) in [6.07, 6.45) is 0. The number of nitrogens with one attached hydrogen (secondary N) is 1. The van der Waals surface area contributed by atoms with E-state index in [2.05, 4.69) is 5.32 Å². The molecule has 3 nitrogen and oxygen atoms in total. The van der Waals surface area contributed by atoms with Crippen LogP contribution in [0.5, 0.6) is 5.75 Å². The van der Waals surface area contributed by atoms with Crippen LogP contribution in [0.4, 0.5) is 5.69 Å². The Balaban J connectivity index is 2.09. The van der Waals surface area contributed by atoms with E-state index in [4.69, 9.17) is 16.3 Å². The standard InChI is InChI=1S/C16H14ClNO2/c1-2-20-10-7-8-14-12(9-10)15(16(19)18-14)11-5-3-4-6-13(11)17/h3-9,15H,2H2,1H3,(H,18,19). The molecule has 102 valence electrons. The molecule has 0 fully saturated rings. The zero-order valence-corrected chi connectivity index (χ0v) is 11.8. The highest BCUT2D eigenvalue weighted by Crippen LogP contribution is 2.41. The quantitative estimate of drug-likeness (QED) is 0.932. The zero-order valence-electron chi connectivity index (χ0n) is 11.0. The van der Waals surface area contributed by atoms with Crippen molar-refractivity contribution in [2.75, 3.05) is 11.9 Å². The van der Waals surface area contributed by atoms with Gasteiger partial charge in [0.25, 0.3) is 0 Å². The minimum atomic E-state index is -0.376. The molecule has 2 aromatic carbocycles. The molecule has 3 rings (SSSR count). The lowest BCUT2D eigenvalue weighted by molar-refractivity contribution is -0.116. The highest BCUT2D eigenvalue weighted by molar-refractivity contribution is 6.32. The molecule has 1 aliphatic heterocycles. The summed E-state index contributed by atoms with van der Waals surface area (Å²) >= 11 is 6.23. The van der Waals surface area contributed by atoms with Gasteiger partial charge in [0.15, 0.2) is 0 Å². The first-order chi connectivity index (χ1) is 9.70. The van der Waals surface area contributed by atoms with Gasteiger partial charge in [0, 0.05) is 10.7 Å². The van der Waals surface area contributed by atoms with Crippen LogP contribution >= 0.6 is 11.6 Å². The number of halogens is 1. The van der Waals surface area contributed by atoms with Crippen molar-refractivity contribution in [3.63, 3.8) is 0 Å². The predicted molar refractivity (Wildman–Crippen MR) is 79.5 cm³/mol. The minimum absolute atomic E-state index is 0.0539. The van der Waals surface area contributed by atoms with Crippen molar-refractivity contribution in [1.82, 2.24) is 0 Å². The lowest BCUT2D eigenvalue weighted by atomic mass is 9.92. The van der Waals surface area contributed by atoms with E-state index in [0.29, 0.717) is 11.6 Å². The number of hydrogen-bond donors (Lipinski definition) is 1. The van der Waals surface area contributed by atoms with Gasteiger partial charge in [-0.05, 0) is 42.3 Å². The molecule has 0 saturated carbocycles. The van der Waals surface area contributed by atoms with Crippen molar-refractivity contribution in [3.8, 4) is 5.75 Å². The number of ether oxygens (including phenoxy) is 1. The predicted octanol–water partition coefficient (Wildman–Crippen LogP) is 3.82. The average molecular weight is 288 g/mol. The molecule has 0 spiro atoms. The maximum absolute atomic E-state index is 12.2. The highest BCUT2D eigenvalue weighted by atomic mass is 35.5. The molecule has 0 aliphatic carbocycles. The summed E-state index contributed by atoms with van der Waals surface area (Å²) in [5, 5.41) is 3.49. The lowest BCUT2D eigenvalue weighted by Gasteiger charge is -2.12. The topological polar surface area (TPSA) is 38.3 Å². The van der Waals surface area contributed by atoms with Crippen LogP contribution < -0.4 is 10.1 Å². The molecule has 1 unspecified atom stereocenters. The summed E-state index contributed by atoms with van der Waals surface area (Å²) in [4.78, 5) is 12.2. The highest BCUT2D eigenvalue weighted by Gasteiger charge is 2.33. The van der Waals surface area contributed by atoms with Gasteiger partial charge >= 0.3 is 0 Å². The molecular formula is C16H14ClNO2. The largest absolute Gasteiger partial charge is 0.494 e. The lowest BCUT2D eigenvalue weighted by Crippen LogP contribution is -2.13. The van der Waals surface area contributed by atoms with Gasteiger partial charge in [0.1, 0.15) is 5.75 Å². The molecule has 1 amide bonds. The van der Waals surface area contributed by atoms with Gasteiger partial charge in [0.2, 0.25) is 5.91 Å².